The lowest BCUT2D eigenvalue weighted by Gasteiger charge is -2.26. The first-order valence-corrected chi connectivity index (χ1v) is 11.3. The van der Waals surface area contributed by atoms with E-state index in [1.165, 1.54) is 18.6 Å². The van der Waals surface area contributed by atoms with E-state index < -0.39 is 0 Å². The summed E-state index contributed by atoms with van der Waals surface area (Å²) in [6.45, 7) is 2.76. The third-order valence-corrected chi connectivity index (χ3v) is 6.43. The predicted molar refractivity (Wildman–Crippen MR) is 129 cm³/mol. The number of fused-ring (bicyclic) bond motifs is 4. The largest absolute Gasteiger partial charge is 0.485 e. The molecule has 0 spiro atoms. The maximum absolute atomic E-state index is 14.2. The van der Waals surface area contributed by atoms with Gasteiger partial charge in [-0.05, 0) is 56.0 Å². The summed E-state index contributed by atoms with van der Waals surface area (Å²) in [6.07, 6.45) is 9.84. The number of nitrogens with two attached hydrogens (primary N) is 2. The molecular weight excluding hydrogens is 417 g/mol. The average molecular weight is 446 g/mol. The number of hydrogen-bond acceptors (Lipinski definition) is 6. The summed E-state index contributed by atoms with van der Waals surface area (Å²) >= 11 is 0. The van der Waals surface area contributed by atoms with Gasteiger partial charge in [0.15, 0.2) is 11.6 Å². The second-order valence-corrected chi connectivity index (χ2v) is 8.78. The van der Waals surface area contributed by atoms with Crippen molar-refractivity contribution in [3.05, 3.63) is 82.0 Å². The number of rotatable bonds is 1. The zero-order chi connectivity index (χ0) is 22.9. The topological polar surface area (TPSA) is 98.5 Å². The lowest BCUT2D eigenvalue weighted by molar-refractivity contribution is 0.306. The number of nitrogens with zero attached hydrogens (tertiary/aromatic N) is 2. The SMILES string of the molecule is C/C(N)=C1\CC2=C(NCC=C2)c2ccc(F)cc2COc2cc(cnc2N)C1=NC1CCC1. The van der Waals surface area contributed by atoms with Crippen LogP contribution in [0.3, 0.4) is 0 Å². The fourth-order valence-corrected chi connectivity index (χ4v) is 4.38. The highest BCUT2D eigenvalue weighted by atomic mass is 19.1. The van der Waals surface area contributed by atoms with Crippen LogP contribution in [0.15, 0.2) is 64.5 Å². The van der Waals surface area contributed by atoms with E-state index in [1.54, 1.807) is 12.3 Å². The molecule has 0 atom stereocenters. The van der Waals surface area contributed by atoms with Gasteiger partial charge in [-0.15, -0.1) is 0 Å². The van der Waals surface area contributed by atoms with Crippen LogP contribution in [0.5, 0.6) is 5.75 Å². The Balaban J connectivity index is 1.74. The van der Waals surface area contributed by atoms with Gasteiger partial charge in [0, 0.05) is 52.8 Å². The smallest absolute Gasteiger partial charge is 0.166 e. The highest BCUT2D eigenvalue weighted by Crippen LogP contribution is 2.34. The fourth-order valence-electron chi connectivity index (χ4n) is 4.38. The minimum Gasteiger partial charge on any atom is -0.485 e. The number of pyridine rings is 1. The molecule has 170 valence electrons. The van der Waals surface area contributed by atoms with Gasteiger partial charge in [-0.25, -0.2) is 9.37 Å². The van der Waals surface area contributed by atoms with Crippen molar-refractivity contribution in [1.82, 2.24) is 10.3 Å². The number of aromatic nitrogens is 1. The molecule has 1 aromatic carbocycles. The molecule has 33 heavy (non-hydrogen) atoms. The number of halogens is 1. The Morgan fingerprint density at radius 3 is 2.88 bits per heavy atom. The van der Waals surface area contributed by atoms with Gasteiger partial charge in [0.05, 0.1) is 11.8 Å². The van der Waals surface area contributed by atoms with Gasteiger partial charge in [0.25, 0.3) is 0 Å². The number of anilines is 1. The third kappa shape index (κ3) is 4.23. The molecule has 2 bridgehead atoms. The molecule has 3 aliphatic rings. The zero-order valence-electron chi connectivity index (χ0n) is 18.7. The van der Waals surface area contributed by atoms with Crippen molar-refractivity contribution in [3.63, 3.8) is 0 Å². The van der Waals surface area contributed by atoms with E-state index >= 15 is 0 Å². The van der Waals surface area contributed by atoms with E-state index in [4.69, 9.17) is 21.2 Å². The summed E-state index contributed by atoms with van der Waals surface area (Å²) in [6, 6.07) is 6.92. The molecule has 0 unspecified atom stereocenters. The Morgan fingerprint density at radius 2 is 2.12 bits per heavy atom. The summed E-state index contributed by atoms with van der Waals surface area (Å²) in [4.78, 5) is 9.47. The number of nitrogens with one attached hydrogen (secondary N) is 1. The Kier molecular flexibility index (Phi) is 5.62. The van der Waals surface area contributed by atoms with E-state index in [9.17, 15) is 4.39 Å². The van der Waals surface area contributed by atoms with Crippen molar-refractivity contribution in [2.45, 2.75) is 45.3 Å². The molecule has 1 aromatic heterocycles. The highest BCUT2D eigenvalue weighted by molar-refractivity contribution is 6.13. The first kappa shape index (κ1) is 21.2. The van der Waals surface area contributed by atoms with Crippen LogP contribution >= 0.6 is 0 Å². The Labute approximate surface area is 193 Å². The van der Waals surface area contributed by atoms with Crippen LogP contribution in [-0.4, -0.2) is 23.3 Å². The number of allylic oxidation sites excluding steroid dienone is 4. The van der Waals surface area contributed by atoms with Gasteiger partial charge < -0.3 is 21.5 Å². The minimum absolute atomic E-state index is 0.165. The van der Waals surface area contributed by atoms with Crippen molar-refractivity contribution in [2.75, 3.05) is 12.3 Å². The standard InChI is InChI=1S/C26H28FN5O/c1-15(28)22-11-16-4-3-9-30-24(16)21-8-7-19(27)10-18(21)14-33-23-12-17(13-31-26(23)29)25(22)32-20-5-2-6-20/h3-4,7-8,10,12-13,20,30H,2,5-6,9,11,14,28H2,1H3,(H2,29,31)/b22-15-,32-25?. The zero-order valence-corrected chi connectivity index (χ0v) is 18.7. The lowest BCUT2D eigenvalue weighted by Crippen LogP contribution is -2.23. The Bertz CT molecular complexity index is 1220. The molecule has 5 N–H and O–H groups in total. The van der Waals surface area contributed by atoms with Crippen LogP contribution in [0.4, 0.5) is 10.2 Å². The van der Waals surface area contributed by atoms with Gasteiger partial charge in [-0.2, -0.15) is 0 Å². The number of benzene rings is 1. The number of nitrogen functional groups attached to an aromatic ring is 1. The molecule has 5 rings (SSSR count). The number of aliphatic imine (C=N–C) groups is 1. The molecule has 3 heterocycles. The number of ether oxygens (including phenoxy) is 1. The molecule has 0 saturated heterocycles. The molecule has 2 aromatic rings. The Morgan fingerprint density at radius 1 is 1.27 bits per heavy atom. The molecule has 1 aliphatic carbocycles. The molecule has 0 radical (unpaired) electrons. The van der Waals surface area contributed by atoms with Crippen molar-refractivity contribution in [2.24, 2.45) is 10.7 Å². The molecule has 1 fully saturated rings. The highest BCUT2D eigenvalue weighted by Gasteiger charge is 2.24. The Hall–Kier alpha value is -3.61. The van der Waals surface area contributed by atoms with Crippen molar-refractivity contribution >= 4 is 17.2 Å². The number of hydrogen-bond donors (Lipinski definition) is 3. The van der Waals surface area contributed by atoms with Crippen LogP contribution in [-0.2, 0) is 6.61 Å². The normalized spacial score (nSPS) is 21.1. The summed E-state index contributed by atoms with van der Waals surface area (Å²) in [5, 5.41) is 3.48. The molecular formula is C26H28FN5O. The summed E-state index contributed by atoms with van der Waals surface area (Å²) in [5.41, 5.74) is 19.5. The second kappa shape index (κ2) is 8.73. The summed E-state index contributed by atoms with van der Waals surface area (Å²) in [7, 11) is 0. The maximum atomic E-state index is 14.2. The van der Waals surface area contributed by atoms with Gasteiger partial charge in [-0.1, -0.05) is 12.2 Å². The van der Waals surface area contributed by atoms with Crippen LogP contribution < -0.4 is 21.5 Å². The first-order valence-electron chi connectivity index (χ1n) is 11.3. The van der Waals surface area contributed by atoms with E-state index in [1.807, 2.05) is 13.0 Å². The lowest BCUT2D eigenvalue weighted by atomic mass is 9.89. The van der Waals surface area contributed by atoms with Crippen LogP contribution in [0.25, 0.3) is 5.70 Å². The van der Waals surface area contributed by atoms with Gasteiger partial charge in [-0.3, -0.25) is 4.99 Å². The van der Waals surface area contributed by atoms with Crippen molar-refractivity contribution in [3.8, 4) is 5.75 Å². The average Bonchev–Trinajstić information content (AvgIpc) is 2.77. The predicted octanol–water partition coefficient (Wildman–Crippen LogP) is 4.23. The third-order valence-electron chi connectivity index (χ3n) is 6.43. The quantitative estimate of drug-likeness (QED) is 0.610. The van der Waals surface area contributed by atoms with Gasteiger partial charge >= 0.3 is 0 Å². The van der Waals surface area contributed by atoms with Crippen molar-refractivity contribution in [1.29, 1.82) is 0 Å². The van der Waals surface area contributed by atoms with Crippen LogP contribution in [0.1, 0.15) is 49.3 Å². The summed E-state index contributed by atoms with van der Waals surface area (Å²) in [5.74, 6) is 0.417. The van der Waals surface area contributed by atoms with Gasteiger partial charge in [0.1, 0.15) is 12.4 Å². The second-order valence-electron chi connectivity index (χ2n) is 8.78. The number of dihydropyridines is 1. The first-order chi connectivity index (χ1) is 16.0. The fraction of sp³-hybridized carbons (Fsp3) is 0.308. The van der Waals surface area contributed by atoms with Crippen molar-refractivity contribution < 1.29 is 9.13 Å². The van der Waals surface area contributed by atoms with E-state index in [-0.39, 0.29) is 24.3 Å². The van der Waals surface area contributed by atoms with E-state index in [2.05, 4.69) is 22.5 Å². The molecule has 6 nitrogen and oxygen atoms in total. The molecule has 0 amide bonds. The van der Waals surface area contributed by atoms with Gasteiger partial charge in [0.2, 0.25) is 0 Å². The van der Waals surface area contributed by atoms with E-state index in [0.29, 0.717) is 24.4 Å². The molecule has 2 aliphatic heterocycles. The van der Waals surface area contributed by atoms with E-state index in [0.717, 1.165) is 52.1 Å². The maximum Gasteiger partial charge on any atom is 0.166 e. The van der Waals surface area contributed by atoms with Crippen LogP contribution in [0.2, 0.25) is 0 Å². The van der Waals surface area contributed by atoms with Crippen LogP contribution in [0, 0.1) is 5.82 Å². The monoisotopic (exact) mass is 445 g/mol. The minimum atomic E-state index is -0.314. The molecule has 1 saturated carbocycles. The summed E-state index contributed by atoms with van der Waals surface area (Å²) < 4.78 is 20.2. The molecule has 7 heteroatoms.